The molecule has 0 aromatic heterocycles. The quantitative estimate of drug-likeness (QED) is 0.361. The molecule has 0 heterocycles. The van der Waals surface area contributed by atoms with Gasteiger partial charge >= 0.3 is 11.9 Å². The predicted octanol–water partition coefficient (Wildman–Crippen LogP) is 2.78. The minimum atomic E-state index is -0.586. The van der Waals surface area contributed by atoms with Gasteiger partial charge in [-0.3, -0.25) is 0 Å². The van der Waals surface area contributed by atoms with Crippen LogP contribution in [0.4, 0.5) is 0 Å². The average molecular weight is 312 g/mol. The molecule has 0 saturated carbocycles. The highest BCUT2D eigenvalue weighted by atomic mass is 16.5. The molecule has 1 N–H and O–H groups in total. The lowest BCUT2D eigenvalue weighted by atomic mass is 10.0. The third-order valence-corrected chi connectivity index (χ3v) is 3.29. The number of aliphatic hydroxyl groups is 1. The van der Waals surface area contributed by atoms with Crippen LogP contribution in [0.15, 0.2) is 23.8 Å². The molecular weight excluding hydrogens is 284 g/mol. The SMILES string of the molecule is C=C(/C=C(\C)C(=O)OCCO)C(=O)OCC(CC)CCCC. The summed E-state index contributed by atoms with van der Waals surface area (Å²) in [4.78, 5) is 23.3. The topological polar surface area (TPSA) is 72.8 Å². The summed E-state index contributed by atoms with van der Waals surface area (Å²) in [5, 5.41) is 8.59. The zero-order valence-electron chi connectivity index (χ0n) is 13.9. The minimum Gasteiger partial charge on any atom is -0.462 e. The molecule has 0 aliphatic carbocycles. The van der Waals surface area contributed by atoms with Gasteiger partial charge in [0, 0.05) is 5.57 Å². The number of hydrogen-bond acceptors (Lipinski definition) is 5. The zero-order valence-corrected chi connectivity index (χ0v) is 13.9. The first-order chi connectivity index (χ1) is 10.5. The van der Waals surface area contributed by atoms with Gasteiger partial charge in [0.05, 0.1) is 18.8 Å². The summed E-state index contributed by atoms with van der Waals surface area (Å²) in [6, 6.07) is 0. The lowest BCUT2D eigenvalue weighted by Crippen LogP contribution is -2.15. The van der Waals surface area contributed by atoms with Gasteiger partial charge in [0.1, 0.15) is 6.61 Å². The fourth-order valence-electron chi connectivity index (χ4n) is 1.82. The first-order valence-electron chi connectivity index (χ1n) is 7.78. The lowest BCUT2D eigenvalue weighted by molar-refractivity contribution is -0.140. The van der Waals surface area contributed by atoms with E-state index in [1.165, 1.54) is 13.0 Å². The van der Waals surface area contributed by atoms with Gasteiger partial charge in [-0.1, -0.05) is 39.7 Å². The summed E-state index contributed by atoms with van der Waals surface area (Å²) in [7, 11) is 0. The Balaban J connectivity index is 4.35. The standard InChI is InChI=1S/C17H28O5/c1-5-7-8-15(6-2)12-22-17(20)14(4)11-13(3)16(19)21-10-9-18/h11,15,18H,4-10,12H2,1-3H3/b13-11+. The maximum absolute atomic E-state index is 11.9. The van der Waals surface area contributed by atoms with Gasteiger partial charge in [-0.05, 0) is 25.3 Å². The molecule has 5 nitrogen and oxygen atoms in total. The molecule has 0 saturated heterocycles. The van der Waals surface area contributed by atoms with E-state index in [1.807, 2.05) is 0 Å². The molecule has 0 aliphatic rings. The fourth-order valence-corrected chi connectivity index (χ4v) is 1.82. The van der Waals surface area contributed by atoms with E-state index in [0.29, 0.717) is 12.5 Å². The third kappa shape index (κ3) is 8.62. The van der Waals surface area contributed by atoms with Crippen LogP contribution in [0.3, 0.4) is 0 Å². The largest absolute Gasteiger partial charge is 0.462 e. The summed E-state index contributed by atoms with van der Waals surface area (Å²) in [6.07, 6.45) is 5.58. The molecular formula is C17H28O5. The number of aliphatic hydroxyl groups excluding tert-OH is 1. The van der Waals surface area contributed by atoms with Crippen LogP contribution in [-0.2, 0) is 19.1 Å². The molecule has 0 radical (unpaired) electrons. The summed E-state index contributed by atoms with van der Waals surface area (Å²) >= 11 is 0. The molecule has 0 amide bonds. The molecule has 0 aliphatic heterocycles. The van der Waals surface area contributed by atoms with Crippen LogP contribution in [0.25, 0.3) is 0 Å². The first-order valence-corrected chi connectivity index (χ1v) is 7.78. The van der Waals surface area contributed by atoms with E-state index in [-0.39, 0.29) is 24.4 Å². The number of carbonyl (C=O) groups excluding carboxylic acids is 2. The van der Waals surface area contributed by atoms with Crippen LogP contribution in [0.1, 0.15) is 46.5 Å². The summed E-state index contributed by atoms with van der Waals surface area (Å²) in [5.41, 5.74) is 0.359. The summed E-state index contributed by atoms with van der Waals surface area (Å²) in [5.74, 6) is -0.752. The van der Waals surface area contributed by atoms with Crippen molar-refractivity contribution in [3.05, 3.63) is 23.8 Å². The second kappa shape index (κ2) is 12.0. The van der Waals surface area contributed by atoms with Crippen molar-refractivity contribution in [3.8, 4) is 0 Å². The molecule has 0 aromatic carbocycles. The lowest BCUT2D eigenvalue weighted by Gasteiger charge is -2.14. The highest BCUT2D eigenvalue weighted by Crippen LogP contribution is 2.14. The Morgan fingerprint density at radius 2 is 1.91 bits per heavy atom. The molecule has 1 atom stereocenters. The highest BCUT2D eigenvalue weighted by molar-refractivity contribution is 5.95. The summed E-state index contributed by atoms with van der Waals surface area (Å²) in [6.45, 7) is 9.40. The average Bonchev–Trinajstić information content (AvgIpc) is 2.52. The number of ether oxygens (including phenoxy) is 2. The van der Waals surface area contributed by atoms with Crippen molar-refractivity contribution >= 4 is 11.9 Å². The van der Waals surface area contributed by atoms with Crippen LogP contribution in [-0.4, -0.2) is 36.9 Å². The number of esters is 2. The Hall–Kier alpha value is -1.62. The van der Waals surface area contributed by atoms with E-state index in [4.69, 9.17) is 14.6 Å². The van der Waals surface area contributed by atoms with Gasteiger partial charge in [0.15, 0.2) is 0 Å². The number of rotatable bonds is 11. The van der Waals surface area contributed by atoms with Gasteiger partial charge in [-0.25, -0.2) is 9.59 Å². The molecule has 0 aromatic rings. The van der Waals surface area contributed by atoms with Crippen LogP contribution in [0.2, 0.25) is 0 Å². The van der Waals surface area contributed by atoms with Gasteiger partial charge in [0.25, 0.3) is 0 Å². The van der Waals surface area contributed by atoms with Crippen molar-refractivity contribution in [1.82, 2.24) is 0 Å². The van der Waals surface area contributed by atoms with Crippen LogP contribution < -0.4 is 0 Å². The second-order valence-corrected chi connectivity index (χ2v) is 5.23. The Bertz CT molecular complexity index is 398. The van der Waals surface area contributed by atoms with Gasteiger partial charge < -0.3 is 14.6 Å². The fraction of sp³-hybridized carbons (Fsp3) is 0.647. The maximum Gasteiger partial charge on any atom is 0.337 e. The van der Waals surface area contributed by atoms with Crippen LogP contribution >= 0.6 is 0 Å². The zero-order chi connectivity index (χ0) is 17.0. The van der Waals surface area contributed by atoms with Gasteiger partial charge in [0.2, 0.25) is 0 Å². The van der Waals surface area contributed by atoms with E-state index >= 15 is 0 Å². The van der Waals surface area contributed by atoms with Crippen molar-refractivity contribution in [2.45, 2.75) is 46.5 Å². The third-order valence-electron chi connectivity index (χ3n) is 3.29. The highest BCUT2D eigenvalue weighted by Gasteiger charge is 2.13. The van der Waals surface area contributed by atoms with Crippen LogP contribution in [0, 0.1) is 5.92 Å². The van der Waals surface area contributed by atoms with Gasteiger partial charge in [-0.2, -0.15) is 0 Å². The number of carbonyl (C=O) groups is 2. The summed E-state index contributed by atoms with van der Waals surface area (Å²) < 4.78 is 9.98. The molecule has 0 bridgehead atoms. The van der Waals surface area contributed by atoms with Gasteiger partial charge in [-0.15, -0.1) is 0 Å². The molecule has 126 valence electrons. The van der Waals surface area contributed by atoms with E-state index in [0.717, 1.165) is 25.7 Å². The van der Waals surface area contributed by atoms with Crippen molar-refractivity contribution in [2.24, 2.45) is 5.92 Å². The first kappa shape index (κ1) is 20.4. The maximum atomic E-state index is 11.9. The molecule has 0 rings (SSSR count). The molecule has 5 heteroatoms. The normalized spacial score (nSPS) is 12.6. The van der Waals surface area contributed by atoms with E-state index in [9.17, 15) is 9.59 Å². The number of unbranched alkanes of at least 4 members (excludes halogenated alkanes) is 1. The van der Waals surface area contributed by atoms with Crippen molar-refractivity contribution in [2.75, 3.05) is 19.8 Å². The molecule has 22 heavy (non-hydrogen) atoms. The Labute approximate surface area is 133 Å². The minimum absolute atomic E-state index is 0.0729. The Morgan fingerprint density at radius 3 is 2.45 bits per heavy atom. The second-order valence-electron chi connectivity index (χ2n) is 5.23. The molecule has 1 unspecified atom stereocenters. The van der Waals surface area contributed by atoms with Crippen LogP contribution in [0.5, 0.6) is 0 Å². The predicted molar refractivity (Wildman–Crippen MR) is 85.2 cm³/mol. The van der Waals surface area contributed by atoms with E-state index in [1.54, 1.807) is 0 Å². The Morgan fingerprint density at radius 1 is 1.23 bits per heavy atom. The monoisotopic (exact) mass is 312 g/mol. The molecule has 0 spiro atoms. The molecule has 0 fully saturated rings. The number of hydrogen-bond donors (Lipinski definition) is 1. The van der Waals surface area contributed by atoms with E-state index in [2.05, 4.69) is 20.4 Å². The smallest absolute Gasteiger partial charge is 0.337 e. The Kier molecular flexibility index (Phi) is 11.1. The van der Waals surface area contributed by atoms with Crippen molar-refractivity contribution in [3.63, 3.8) is 0 Å². The van der Waals surface area contributed by atoms with E-state index < -0.39 is 11.9 Å². The van der Waals surface area contributed by atoms with Crippen molar-refractivity contribution < 1.29 is 24.2 Å². The van der Waals surface area contributed by atoms with Crippen molar-refractivity contribution in [1.29, 1.82) is 0 Å².